The van der Waals surface area contributed by atoms with Crippen LogP contribution < -0.4 is 5.32 Å². The maximum absolute atomic E-state index is 5.45. The molecule has 0 rings (SSSR count). The van der Waals surface area contributed by atoms with Gasteiger partial charge in [0.1, 0.15) is 0 Å². The Bertz CT molecular complexity index is 133. The molecule has 0 amide bonds. The normalized spacial score (nSPS) is 10.1. The zero-order valence-electron chi connectivity index (χ0n) is 8.61. The summed E-state index contributed by atoms with van der Waals surface area (Å²) < 4.78 is 5.22. The molecule has 0 saturated heterocycles. The molecule has 0 radical (unpaired) electrons. The van der Waals surface area contributed by atoms with E-state index in [1.807, 2.05) is 0 Å². The minimum Gasteiger partial charge on any atom is -0.380 e. The van der Waals surface area contributed by atoms with Gasteiger partial charge in [-0.25, -0.2) is 0 Å². The number of alkyl halides is 1. The maximum Gasteiger partial charge on any atom is 0.0601 e. The Morgan fingerprint density at radius 2 is 2.15 bits per heavy atom. The lowest BCUT2D eigenvalue weighted by Crippen LogP contribution is -2.17. The molecule has 0 bridgehead atoms. The Morgan fingerprint density at radius 3 is 2.77 bits per heavy atom. The van der Waals surface area contributed by atoms with Crippen molar-refractivity contribution >= 4 is 11.6 Å². The van der Waals surface area contributed by atoms with Gasteiger partial charge in [-0.15, -0.1) is 11.6 Å². The molecule has 0 aliphatic rings. The topological polar surface area (TPSA) is 21.3 Å². The van der Waals surface area contributed by atoms with Crippen LogP contribution in [-0.2, 0) is 4.74 Å². The van der Waals surface area contributed by atoms with Crippen molar-refractivity contribution in [3.63, 3.8) is 0 Å². The predicted molar refractivity (Wildman–Crippen MR) is 58.5 cm³/mol. The Hall–Kier alpha value is -0.0500. The molecule has 0 aliphatic carbocycles. The van der Waals surface area contributed by atoms with E-state index in [2.05, 4.69) is 25.2 Å². The van der Waals surface area contributed by atoms with E-state index in [1.54, 1.807) is 0 Å². The van der Waals surface area contributed by atoms with Crippen LogP contribution >= 0.6 is 11.6 Å². The number of allylic oxidation sites excluding steroid dienone is 1. The first-order chi connectivity index (χ1) is 6.27. The van der Waals surface area contributed by atoms with Crippen LogP contribution in [0.1, 0.15) is 20.3 Å². The molecule has 1 N–H and O–H groups in total. The number of rotatable bonds is 8. The van der Waals surface area contributed by atoms with Crippen LogP contribution in [0.15, 0.2) is 11.6 Å². The second kappa shape index (κ2) is 10.0. The minimum atomic E-state index is 0.588. The first kappa shape index (κ1) is 12.9. The summed E-state index contributed by atoms with van der Waals surface area (Å²) in [6.45, 7) is 7.63. The number of nitrogens with one attached hydrogen (secondary N) is 1. The molecule has 0 aliphatic heterocycles. The Balaban J connectivity index is 2.96. The molecule has 0 aromatic heterocycles. The van der Waals surface area contributed by atoms with E-state index < -0.39 is 0 Å². The maximum atomic E-state index is 5.45. The van der Waals surface area contributed by atoms with E-state index in [1.165, 1.54) is 5.57 Å². The second-order valence-corrected chi connectivity index (χ2v) is 3.52. The first-order valence-electron chi connectivity index (χ1n) is 4.75. The molecule has 78 valence electrons. The third-order valence-electron chi connectivity index (χ3n) is 1.52. The van der Waals surface area contributed by atoms with Gasteiger partial charge >= 0.3 is 0 Å². The summed E-state index contributed by atoms with van der Waals surface area (Å²) in [5, 5.41) is 3.30. The molecular weight excluding hydrogens is 186 g/mol. The average molecular weight is 206 g/mol. The molecule has 0 aromatic rings. The first-order valence-corrected chi connectivity index (χ1v) is 5.28. The molecule has 0 unspecified atom stereocenters. The molecule has 0 heterocycles. The highest BCUT2D eigenvalue weighted by Crippen LogP contribution is 1.86. The van der Waals surface area contributed by atoms with Crippen molar-refractivity contribution in [1.29, 1.82) is 0 Å². The summed E-state index contributed by atoms with van der Waals surface area (Å²) in [4.78, 5) is 0. The van der Waals surface area contributed by atoms with Crippen LogP contribution in [0.25, 0.3) is 0 Å². The lowest BCUT2D eigenvalue weighted by molar-refractivity contribution is 0.146. The summed E-state index contributed by atoms with van der Waals surface area (Å²) in [5.74, 6) is 0.588. The van der Waals surface area contributed by atoms with Gasteiger partial charge in [0.25, 0.3) is 0 Å². The van der Waals surface area contributed by atoms with Gasteiger partial charge in [-0.05, 0) is 26.8 Å². The van der Waals surface area contributed by atoms with Crippen molar-refractivity contribution in [2.45, 2.75) is 20.3 Å². The fraction of sp³-hybridized carbons (Fsp3) is 0.800. The lowest BCUT2D eigenvalue weighted by atomic mass is 10.3. The van der Waals surface area contributed by atoms with E-state index in [-0.39, 0.29) is 0 Å². The predicted octanol–water partition coefficient (Wildman–Crippen LogP) is 2.19. The third-order valence-corrected chi connectivity index (χ3v) is 1.67. The van der Waals surface area contributed by atoms with E-state index in [0.717, 1.165) is 26.1 Å². The van der Waals surface area contributed by atoms with Crippen LogP contribution in [0.4, 0.5) is 0 Å². The average Bonchev–Trinajstić information content (AvgIpc) is 2.09. The quantitative estimate of drug-likeness (QED) is 0.373. The zero-order valence-corrected chi connectivity index (χ0v) is 9.36. The number of ether oxygens (including phenoxy) is 1. The van der Waals surface area contributed by atoms with E-state index in [0.29, 0.717) is 12.5 Å². The Labute approximate surface area is 86.3 Å². The van der Waals surface area contributed by atoms with Gasteiger partial charge in [0.05, 0.1) is 6.61 Å². The summed E-state index contributed by atoms with van der Waals surface area (Å²) in [6.07, 6.45) is 3.23. The largest absolute Gasteiger partial charge is 0.380 e. The van der Waals surface area contributed by atoms with Crippen molar-refractivity contribution in [2.75, 3.05) is 32.2 Å². The molecule has 0 spiro atoms. The van der Waals surface area contributed by atoms with Gasteiger partial charge < -0.3 is 10.1 Å². The Kier molecular flexibility index (Phi) is 10.00. The number of hydrogen-bond donors (Lipinski definition) is 1. The number of hydrogen-bond acceptors (Lipinski definition) is 2. The summed E-state index contributed by atoms with van der Waals surface area (Å²) >= 11 is 5.45. The summed E-state index contributed by atoms with van der Waals surface area (Å²) in [7, 11) is 0. The van der Waals surface area contributed by atoms with E-state index in [9.17, 15) is 0 Å². The van der Waals surface area contributed by atoms with Gasteiger partial charge in [-0.1, -0.05) is 11.6 Å². The van der Waals surface area contributed by atoms with Gasteiger partial charge in [0, 0.05) is 19.0 Å². The summed E-state index contributed by atoms with van der Waals surface area (Å²) in [5.41, 5.74) is 1.35. The van der Waals surface area contributed by atoms with Crippen molar-refractivity contribution in [3.05, 3.63) is 11.6 Å². The van der Waals surface area contributed by atoms with Crippen LogP contribution in [0.5, 0.6) is 0 Å². The molecule has 2 nitrogen and oxygen atoms in total. The van der Waals surface area contributed by atoms with Crippen molar-refractivity contribution in [2.24, 2.45) is 0 Å². The second-order valence-electron chi connectivity index (χ2n) is 3.14. The fourth-order valence-corrected chi connectivity index (χ4v) is 0.943. The molecule has 3 heteroatoms. The Morgan fingerprint density at radius 1 is 1.38 bits per heavy atom. The lowest BCUT2D eigenvalue weighted by Gasteiger charge is -2.02. The van der Waals surface area contributed by atoms with Crippen LogP contribution in [0.2, 0.25) is 0 Å². The van der Waals surface area contributed by atoms with Gasteiger partial charge in [0.2, 0.25) is 0 Å². The van der Waals surface area contributed by atoms with Gasteiger partial charge in [0.15, 0.2) is 0 Å². The van der Waals surface area contributed by atoms with Gasteiger partial charge in [-0.3, -0.25) is 0 Å². The fourth-order valence-electron chi connectivity index (χ4n) is 0.834. The smallest absolute Gasteiger partial charge is 0.0601 e. The van der Waals surface area contributed by atoms with Gasteiger partial charge in [-0.2, -0.15) is 0 Å². The van der Waals surface area contributed by atoms with Crippen molar-refractivity contribution in [1.82, 2.24) is 5.32 Å². The SMILES string of the molecule is CC(C)=CCNCCCOCCCl. The molecule has 0 fully saturated rings. The zero-order chi connectivity index (χ0) is 9.94. The van der Waals surface area contributed by atoms with Crippen molar-refractivity contribution in [3.8, 4) is 0 Å². The molecular formula is C10H20ClNO. The molecule has 0 atom stereocenters. The van der Waals surface area contributed by atoms with Crippen molar-refractivity contribution < 1.29 is 4.74 Å². The van der Waals surface area contributed by atoms with E-state index in [4.69, 9.17) is 16.3 Å². The standard InChI is InChI=1S/C10H20ClNO/c1-10(2)4-7-12-6-3-8-13-9-5-11/h4,12H,3,5-9H2,1-2H3. The third kappa shape index (κ3) is 12.0. The van der Waals surface area contributed by atoms with Crippen LogP contribution in [-0.4, -0.2) is 32.2 Å². The highest BCUT2D eigenvalue weighted by molar-refractivity contribution is 6.17. The van der Waals surface area contributed by atoms with E-state index >= 15 is 0 Å². The number of halogens is 1. The summed E-state index contributed by atoms with van der Waals surface area (Å²) in [6, 6.07) is 0. The highest BCUT2D eigenvalue weighted by Gasteiger charge is 1.87. The minimum absolute atomic E-state index is 0.588. The molecule has 0 saturated carbocycles. The molecule has 0 aromatic carbocycles. The van der Waals surface area contributed by atoms with Crippen LogP contribution in [0.3, 0.4) is 0 Å². The highest BCUT2D eigenvalue weighted by atomic mass is 35.5. The van der Waals surface area contributed by atoms with Crippen LogP contribution in [0, 0.1) is 0 Å². The molecule has 13 heavy (non-hydrogen) atoms. The monoisotopic (exact) mass is 205 g/mol.